The van der Waals surface area contributed by atoms with Crippen LogP contribution in [0.3, 0.4) is 0 Å². The SMILES string of the molecule is COc1cc(C(=O)O)c(OC)c(Br)c1C. The van der Waals surface area contributed by atoms with Gasteiger partial charge in [-0.05, 0) is 28.9 Å². The molecule has 0 saturated heterocycles. The van der Waals surface area contributed by atoms with E-state index in [1.54, 1.807) is 0 Å². The Hall–Kier alpha value is -1.23. The fourth-order valence-corrected chi connectivity index (χ4v) is 1.84. The van der Waals surface area contributed by atoms with Crippen molar-refractivity contribution in [2.45, 2.75) is 6.92 Å². The molecule has 0 unspecified atom stereocenters. The lowest BCUT2D eigenvalue weighted by Gasteiger charge is -2.13. The van der Waals surface area contributed by atoms with Crippen LogP contribution in [0, 0.1) is 6.92 Å². The van der Waals surface area contributed by atoms with Gasteiger partial charge >= 0.3 is 5.97 Å². The van der Waals surface area contributed by atoms with Crippen molar-refractivity contribution in [2.75, 3.05) is 14.2 Å². The van der Waals surface area contributed by atoms with Crippen molar-refractivity contribution >= 4 is 21.9 Å². The van der Waals surface area contributed by atoms with Crippen LogP contribution in [0.1, 0.15) is 15.9 Å². The maximum Gasteiger partial charge on any atom is 0.339 e. The third-order valence-electron chi connectivity index (χ3n) is 2.07. The minimum absolute atomic E-state index is 0.0758. The quantitative estimate of drug-likeness (QED) is 0.920. The van der Waals surface area contributed by atoms with Crippen LogP contribution in [0.4, 0.5) is 0 Å². The van der Waals surface area contributed by atoms with Crippen LogP contribution in [0.2, 0.25) is 0 Å². The molecule has 1 N–H and O–H groups in total. The van der Waals surface area contributed by atoms with Crippen molar-refractivity contribution in [3.8, 4) is 11.5 Å². The van der Waals surface area contributed by atoms with Crippen molar-refractivity contribution in [1.82, 2.24) is 0 Å². The molecule has 0 atom stereocenters. The molecule has 0 spiro atoms. The van der Waals surface area contributed by atoms with Crippen molar-refractivity contribution < 1.29 is 19.4 Å². The van der Waals surface area contributed by atoms with E-state index < -0.39 is 5.97 Å². The monoisotopic (exact) mass is 274 g/mol. The summed E-state index contributed by atoms with van der Waals surface area (Å²) in [7, 11) is 2.92. The largest absolute Gasteiger partial charge is 0.496 e. The molecule has 0 bridgehead atoms. The molecular formula is C10H11BrO4. The predicted octanol–water partition coefficient (Wildman–Crippen LogP) is 2.47. The van der Waals surface area contributed by atoms with Gasteiger partial charge in [0.2, 0.25) is 0 Å². The predicted molar refractivity (Wildman–Crippen MR) is 58.9 cm³/mol. The summed E-state index contributed by atoms with van der Waals surface area (Å²) in [6.45, 7) is 1.82. The fraction of sp³-hybridized carbons (Fsp3) is 0.300. The minimum atomic E-state index is -1.05. The molecule has 0 aliphatic heterocycles. The number of carboxylic acids is 1. The van der Waals surface area contributed by atoms with Gasteiger partial charge in [-0.15, -0.1) is 0 Å². The lowest BCUT2D eigenvalue weighted by Crippen LogP contribution is -2.03. The number of carboxylic acid groups (broad SMARTS) is 1. The van der Waals surface area contributed by atoms with Crippen LogP contribution >= 0.6 is 15.9 Å². The van der Waals surface area contributed by atoms with Crippen molar-refractivity contribution in [2.24, 2.45) is 0 Å². The second-order valence-electron chi connectivity index (χ2n) is 2.90. The van der Waals surface area contributed by atoms with Gasteiger partial charge in [0.1, 0.15) is 17.1 Å². The summed E-state index contributed by atoms with van der Waals surface area (Å²) in [4.78, 5) is 11.0. The molecule has 4 nitrogen and oxygen atoms in total. The molecule has 82 valence electrons. The molecule has 0 aliphatic carbocycles. The van der Waals surface area contributed by atoms with E-state index >= 15 is 0 Å². The Bertz CT molecular complexity index is 401. The van der Waals surface area contributed by atoms with E-state index in [-0.39, 0.29) is 5.56 Å². The summed E-state index contributed by atoms with van der Waals surface area (Å²) < 4.78 is 10.7. The summed E-state index contributed by atoms with van der Waals surface area (Å²) in [5.41, 5.74) is 0.881. The highest BCUT2D eigenvalue weighted by atomic mass is 79.9. The molecule has 0 aliphatic rings. The van der Waals surface area contributed by atoms with Crippen LogP contribution < -0.4 is 9.47 Å². The number of hydrogen-bond donors (Lipinski definition) is 1. The molecule has 0 saturated carbocycles. The molecule has 5 heteroatoms. The Morgan fingerprint density at radius 1 is 1.40 bits per heavy atom. The van der Waals surface area contributed by atoms with Gasteiger partial charge in [0.05, 0.1) is 18.7 Å². The number of aromatic carboxylic acids is 1. The van der Waals surface area contributed by atoms with Gasteiger partial charge in [0.15, 0.2) is 0 Å². The normalized spacial score (nSPS) is 9.87. The van der Waals surface area contributed by atoms with E-state index in [1.165, 1.54) is 20.3 Å². The highest BCUT2D eigenvalue weighted by Crippen LogP contribution is 2.37. The molecule has 1 rings (SSSR count). The first-order valence-electron chi connectivity index (χ1n) is 4.17. The lowest BCUT2D eigenvalue weighted by molar-refractivity contribution is 0.0692. The second-order valence-corrected chi connectivity index (χ2v) is 3.70. The number of hydrogen-bond acceptors (Lipinski definition) is 3. The zero-order valence-corrected chi connectivity index (χ0v) is 10.2. The van der Waals surface area contributed by atoms with Gasteiger partial charge in [0.25, 0.3) is 0 Å². The Kier molecular flexibility index (Phi) is 3.57. The van der Waals surface area contributed by atoms with Crippen molar-refractivity contribution in [1.29, 1.82) is 0 Å². The lowest BCUT2D eigenvalue weighted by atomic mass is 10.1. The molecule has 0 radical (unpaired) electrons. The summed E-state index contributed by atoms with van der Waals surface area (Å²) in [6, 6.07) is 1.45. The average molecular weight is 275 g/mol. The van der Waals surface area contributed by atoms with Crippen molar-refractivity contribution in [3.05, 3.63) is 21.7 Å². The van der Waals surface area contributed by atoms with Gasteiger partial charge in [-0.2, -0.15) is 0 Å². The zero-order valence-electron chi connectivity index (χ0n) is 8.63. The van der Waals surface area contributed by atoms with Crippen LogP contribution in [-0.4, -0.2) is 25.3 Å². The number of ether oxygens (including phenoxy) is 2. The Morgan fingerprint density at radius 2 is 2.00 bits per heavy atom. The standard InChI is InChI=1S/C10H11BrO4/c1-5-7(14-2)4-6(10(12)13)9(15-3)8(5)11/h4H,1-3H3,(H,12,13). The molecule has 1 aromatic rings. The van der Waals surface area contributed by atoms with Crippen molar-refractivity contribution in [3.63, 3.8) is 0 Å². The van der Waals surface area contributed by atoms with Crippen LogP contribution in [0.25, 0.3) is 0 Å². The number of benzene rings is 1. The summed E-state index contributed by atoms with van der Waals surface area (Å²) in [5.74, 6) is -0.230. The van der Waals surface area contributed by atoms with E-state index in [9.17, 15) is 4.79 Å². The van der Waals surface area contributed by atoms with Crippen LogP contribution in [0.15, 0.2) is 10.5 Å². The first-order valence-corrected chi connectivity index (χ1v) is 4.96. The van der Waals surface area contributed by atoms with E-state index in [2.05, 4.69) is 15.9 Å². The molecule has 0 fully saturated rings. The first kappa shape index (κ1) is 11.8. The van der Waals surface area contributed by atoms with Gasteiger partial charge in [0, 0.05) is 5.56 Å². The van der Waals surface area contributed by atoms with Gasteiger partial charge in [-0.25, -0.2) is 4.79 Å². The number of halogens is 1. The van der Waals surface area contributed by atoms with Gasteiger partial charge in [-0.3, -0.25) is 0 Å². The zero-order chi connectivity index (χ0) is 11.6. The second kappa shape index (κ2) is 4.53. The molecule has 1 aromatic carbocycles. The highest BCUT2D eigenvalue weighted by Gasteiger charge is 2.19. The van der Waals surface area contributed by atoms with Gasteiger partial charge in [-0.1, -0.05) is 0 Å². The molecule has 0 aromatic heterocycles. The summed E-state index contributed by atoms with van der Waals surface area (Å²) in [6.07, 6.45) is 0. The Morgan fingerprint density at radius 3 is 2.40 bits per heavy atom. The third-order valence-corrected chi connectivity index (χ3v) is 3.03. The molecule has 0 heterocycles. The summed E-state index contributed by atoms with van der Waals surface area (Å²) >= 11 is 3.28. The number of methoxy groups -OCH3 is 2. The highest BCUT2D eigenvalue weighted by molar-refractivity contribution is 9.10. The van der Waals surface area contributed by atoms with E-state index in [0.717, 1.165) is 5.56 Å². The van der Waals surface area contributed by atoms with Crippen LogP contribution in [-0.2, 0) is 0 Å². The topological polar surface area (TPSA) is 55.8 Å². The molecule has 0 amide bonds. The smallest absolute Gasteiger partial charge is 0.339 e. The van der Waals surface area contributed by atoms with E-state index in [4.69, 9.17) is 14.6 Å². The van der Waals surface area contributed by atoms with E-state index in [0.29, 0.717) is 16.0 Å². The van der Waals surface area contributed by atoms with E-state index in [1.807, 2.05) is 6.92 Å². The van der Waals surface area contributed by atoms with Crippen LogP contribution in [0.5, 0.6) is 11.5 Å². The first-order chi connectivity index (χ1) is 7.02. The maximum absolute atomic E-state index is 11.0. The average Bonchev–Trinajstić information content (AvgIpc) is 2.21. The summed E-state index contributed by atoms with van der Waals surface area (Å²) in [5, 5.41) is 8.98. The molecule has 15 heavy (non-hydrogen) atoms. The van der Waals surface area contributed by atoms with Gasteiger partial charge < -0.3 is 14.6 Å². The Labute approximate surface area is 95.9 Å². The fourth-order valence-electron chi connectivity index (χ4n) is 1.27. The number of rotatable bonds is 3. The maximum atomic E-state index is 11.0. The Balaban J connectivity index is 3.51. The third kappa shape index (κ3) is 2.07. The minimum Gasteiger partial charge on any atom is -0.496 e. The number of carbonyl (C=O) groups is 1. The molecular weight excluding hydrogens is 264 g/mol.